The zero-order chi connectivity index (χ0) is 27.4. The molecule has 2 aromatic carbocycles. The van der Waals surface area contributed by atoms with Crippen LogP contribution in [0.5, 0.6) is 0 Å². The maximum atomic E-state index is 13.2. The van der Waals surface area contributed by atoms with Crippen LogP contribution in [0.4, 0.5) is 5.95 Å². The highest BCUT2D eigenvalue weighted by Crippen LogP contribution is 2.56. The quantitative estimate of drug-likeness (QED) is 0.342. The fraction of sp³-hybridized carbons (Fsp3) is 0.310. The van der Waals surface area contributed by atoms with E-state index in [0.29, 0.717) is 60.2 Å². The number of nitrogens with zero attached hydrogens (tertiary/aromatic N) is 5. The Kier molecular flexibility index (Phi) is 5.55. The van der Waals surface area contributed by atoms with Gasteiger partial charge in [-0.3, -0.25) is 14.4 Å². The monoisotopic (exact) mass is 536 g/mol. The highest BCUT2D eigenvalue weighted by Gasteiger charge is 2.57. The number of aromatic nitrogens is 4. The Morgan fingerprint density at radius 1 is 0.925 bits per heavy atom. The molecule has 3 amide bonds. The first-order valence-corrected chi connectivity index (χ1v) is 13.5. The van der Waals surface area contributed by atoms with Crippen LogP contribution in [0.3, 0.4) is 0 Å². The number of carbonyl (C=O) groups excluding carboxylic acids is 3. The molecule has 0 unspecified atom stereocenters. The summed E-state index contributed by atoms with van der Waals surface area (Å²) < 4.78 is 0. The van der Waals surface area contributed by atoms with Gasteiger partial charge in [0.25, 0.3) is 17.7 Å². The second kappa shape index (κ2) is 9.15. The minimum Gasteiger partial charge on any atom is -0.366 e. The molecule has 2 aromatic heterocycles. The Labute approximate surface area is 229 Å². The van der Waals surface area contributed by atoms with Crippen molar-refractivity contribution < 1.29 is 14.4 Å². The fourth-order valence-electron chi connectivity index (χ4n) is 5.98. The lowest BCUT2D eigenvalue weighted by molar-refractivity contribution is -0.0438. The largest absolute Gasteiger partial charge is 0.366 e. The van der Waals surface area contributed by atoms with E-state index in [1.165, 1.54) is 0 Å². The lowest BCUT2D eigenvalue weighted by Gasteiger charge is -2.61. The molecule has 0 radical (unpaired) electrons. The van der Waals surface area contributed by atoms with Gasteiger partial charge in [0.05, 0.1) is 16.6 Å². The molecule has 202 valence electrons. The van der Waals surface area contributed by atoms with Crippen molar-refractivity contribution in [2.75, 3.05) is 31.1 Å². The number of nitrogens with one attached hydrogen (secondary N) is 2. The molecule has 4 aliphatic rings. The number of piperazine rings is 1. The first-order valence-electron chi connectivity index (χ1n) is 13.5. The Morgan fingerprint density at radius 2 is 1.62 bits per heavy atom. The average molecular weight is 537 g/mol. The Bertz CT molecular complexity index is 1620. The molecule has 4 aromatic rings. The van der Waals surface area contributed by atoms with E-state index in [1.54, 1.807) is 36.7 Å². The summed E-state index contributed by atoms with van der Waals surface area (Å²) in [7, 11) is 0. The summed E-state index contributed by atoms with van der Waals surface area (Å²) >= 11 is 0. The molecular formula is C29H28N8O3. The number of anilines is 1. The molecule has 0 spiro atoms. The number of para-hydroxylation sites is 1. The van der Waals surface area contributed by atoms with Crippen molar-refractivity contribution in [3.63, 3.8) is 0 Å². The molecule has 4 N–H and O–H groups in total. The van der Waals surface area contributed by atoms with Gasteiger partial charge in [-0.15, -0.1) is 0 Å². The van der Waals surface area contributed by atoms with Gasteiger partial charge in [0.15, 0.2) is 0 Å². The third-order valence-electron chi connectivity index (χ3n) is 8.35. The smallest absolute Gasteiger partial charge is 0.254 e. The van der Waals surface area contributed by atoms with Gasteiger partial charge in [-0.1, -0.05) is 18.2 Å². The normalized spacial score (nSPS) is 21.4. The molecule has 3 heterocycles. The van der Waals surface area contributed by atoms with Crippen LogP contribution in [0, 0.1) is 5.92 Å². The fourth-order valence-corrected chi connectivity index (χ4v) is 5.98. The van der Waals surface area contributed by atoms with E-state index in [2.05, 4.69) is 25.3 Å². The molecule has 1 saturated heterocycles. The van der Waals surface area contributed by atoms with Crippen molar-refractivity contribution in [1.29, 1.82) is 0 Å². The minimum atomic E-state index is -0.532. The molecule has 4 fully saturated rings. The van der Waals surface area contributed by atoms with Crippen LogP contribution in [0.2, 0.25) is 0 Å². The summed E-state index contributed by atoms with van der Waals surface area (Å²) in [5, 5.41) is 3.13. The highest BCUT2D eigenvalue weighted by molar-refractivity contribution is 6.04. The number of carbonyl (C=O) groups is 3. The molecular weight excluding hydrogens is 508 g/mol. The van der Waals surface area contributed by atoms with Crippen molar-refractivity contribution in [1.82, 2.24) is 30.2 Å². The number of nitrogens with two attached hydrogens (primary N) is 1. The number of fused-ring (bicyclic) bond motifs is 1. The number of benzene rings is 2. The van der Waals surface area contributed by atoms with Crippen LogP contribution in [-0.2, 0) is 0 Å². The molecule has 8 rings (SSSR count). The predicted octanol–water partition coefficient (Wildman–Crippen LogP) is 2.36. The maximum absolute atomic E-state index is 13.2. The molecule has 40 heavy (non-hydrogen) atoms. The zero-order valence-corrected chi connectivity index (χ0v) is 21.8. The van der Waals surface area contributed by atoms with Crippen LogP contribution in [0.15, 0.2) is 54.9 Å². The third kappa shape index (κ3) is 4.14. The Morgan fingerprint density at radius 3 is 2.25 bits per heavy atom. The van der Waals surface area contributed by atoms with Gasteiger partial charge in [-0.2, -0.15) is 0 Å². The van der Waals surface area contributed by atoms with Crippen LogP contribution in [0.1, 0.15) is 50.3 Å². The summed E-state index contributed by atoms with van der Waals surface area (Å²) in [6, 6.07) is 12.5. The van der Waals surface area contributed by atoms with Crippen molar-refractivity contribution in [2.45, 2.75) is 24.8 Å². The van der Waals surface area contributed by atoms with Gasteiger partial charge in [-0.25, -0.2) is 15.0 Å². The van der Waals surface area contributed by atoms with E-state index < -0.39 is 5.91 Å². The lowest BCUT2D eigenvalue weighted by atomic mass is 9.50. The van der Waals surface area contributed by atoms with Gasteiger partial charge in [0, 0.05) is 55.2 Å². The summed E-state index contributed by atoms with van der Waals surface area (Å²) in [6.07, 6.45) is 6.43. The summed E-state index contributed by atoms with van der Waals surface area (Å²) in [5.41, 5.74) is 8.95. The Balaban J connectivity index is 0.968. The van der Waals surface area contributed by atoms with E-state index in [-0.39, 0.29) is 17.4 Å². The zero-order valence-electron chi connectivity index (χ0n) is 21.8. The van der Waals surface area contributed by atoms with E-state index in [1.807, 2.05) is 28.0 Å². The first-order chi connectivity index (χ1) is 19.4. The van der Waals surface area contributed by atoms with E-state index in [0.717, 1.165) is 36.3 Å². The summed E-state index contributed by atoms with van der Waals surface area (Å²) in [4.78, 5) is 57.9. The molecule has 1 aliphatic heterocycles. The van der Waals surface area contributed by atoms with Crippen LogP contribution in [-0.4, -0.2) is 74.3 Å². The van der Waals surface area contributed by atoms with Gasteiger partial charge >= 0.3 is 0 Å². The summed E-state index contributed by atoms with van der Waals surface area (Å²) in [6.45, 7) is 2.27. The second-order valence-electron chi connectivity index (χ2n) is 11.0. The van der Waals surface area contributed by atoms with Crippen LogP contribution < -0.4 is 16.0 Å². The van der Waals surface area contributed by atoms with E-state index in [9.17, 15) is 14.4 Å². The first kappa shape index (κ1) is 24.3. The number of amides is 3. The standard InChI is InChI=1S/C29H28N8O3/c30-24(38)21-2-1-3-22-23(21)34-25(33-22)18-4-6-19(7-5-18)27(40)36-8-10-37(11-9-36)28-31-15-20(16-32-28)26(39)35-29-12-17(13-29)14-29/h1-7,15-17H,8-14H2,(H2,30,38)(H,33,34)(H,35,39). The number of primary amides is 1. The van der Waals surface area contributed by atoms with Gasteiger partial charge < -0.3 is 25.8 Å². The number of rotatable bonds is 6. The number of imidazole rings is 1. The van der Waals surface area contributed by atoms with Gasteiger partial charge in [0.2, 0.25) is 5.95 Å². The van der Waals surface area contributed by atoms with Crippen LogP contribution in [0.25, 0.3) is 22.4 Å². The molecule has 3 aliphatic carbocycles. The maximum Gasteiger partial charge on any atom is 0.254 e. The predicted molar refractivity (Wildman–Crippen MR) is 148 cm³/mol. The molecule has 11 heteroatoms. The molecule has 3 saturated carbocycles. The van der Waals surface area contributed by atoms with Gasteiger partial charge in [-0.05, 0) is 49.4 Å². The topological polar surface area (TPSA) is 150 Å². The second-order valence-corrected chi connectivity index (χ2v) is 11.0. The molecule has 0 atom stereocenters. The molecule has 11 nitrogen and oxygen atoms in total. The summed E-state index contributed by atoms with van der Waals surface area (Å²) in [5.74, 6) is 1.26. The van der Waals surface area contributed by atoms with Crippen LogP contribution >= 0.6 is 0 Å². The number of hydrogen-bond donors (Lipinski definition) is 3. The average Bonchev–Trinajstić information content (AvgIpc) is 3.38. The SMILES string of the molecule is NC(=O)c1cccc2[nH]c(-c3ccc(C(=O)N4CCN(c5ncc(C(=O)NC67CC(C6)C7)cn5)CC4)cc3)nc12. The van der Waals surface area contributed by atoms with Crippen molar-refractivity contribution in [2.24, 2.45) is 11.7 Å². The number of H-pyrrole nitrogens is 1. The highest BCUT2D eigenvalue weighted by atomic mass is 16.2. The minimum absolute atomic E-state index is 0.0210. The van der Waals surface area contributed by atoms with Gasteiger partial charge in [0.1, 0.15) is 11.3 Å². The van der Waals surface area contributed by atoms with Crippen molar-refractivity contribution in [3.05, 3.63) is 71.5 Å². The van der Waals surface area contributed by atoms with Crippen molar-refractivity contribution >= 4 is 34.7 Å². The van der Waals surface area contributed by atoms with E-state index in [4.69, 9.17) is 5.73 Å². The molecule has 2 bridgehead atoms. The van der Waals surface area contributed by atoms with Crippen molar-refractivity contribution in [3.8, 4) is 11.4 Å². The lowest BCUT2D eigenvalue weighted by Crippen LogP contribution is -2.68. The number of aromatic amines is 1. The third-order valence-corrected chi connectivity index (χ3v) is 8.35. The Hall–Kier alpha value is -4.80. The van der Waals surface area contributed by atoms with E-state index >= 15 is 0 Å². The number of hydrogen-bond acceptors (Lipinski definition) is 7.